The number of hydrogen-bond donors (Lipinski definition) is 1. The monoisotopic (exact) mass is 471 g/mol. The molecule has 5 rings (SSSR count). The average Bonchev–Trinajstić information content (AvgIpc) is 2.88. The van der Waals surface area contributed by atoms with Crippen LogP contribution >= 0.6 is 0 Å². The van der Waals surface area contributed by atoms with Crippen molar-refractivity contribution in [1.82, 2.24) is 14.8 Å². The molecule has 2 amide bonds. The maximum Gasteiger partial charge on any atom is 0.408 e. The maximum absolute atomic E-state index is 13.7. The molecular weight excluding hydrogens is 442 g/mol. The Balaban J connectivity index is 1.31. The summed E-state index contributed by atoms with van der Waals surface area (Å²) in [5, 5.41) is 2.82. The number of amides is 2. The molecule has 2 bridgehead atoms. The highest BCUT2D eigenvalue weighted by atomic mass is 16.5. The third kappa shape index (κ3) is 5.29. The molecule has 3 atom stereocenters. The summed E-state index contributed by atoms with van der Waals surface area (Å²) < 4.78 is 7.26. The molecule has 0 aliphatic carbocycles. The largest absolute Gasteiger partial charge is 0.445 e. The minimum Gasteiger partial charge on any atom is -0.445 e. The van der Waals surface area contributed by atoms with Gasteiger partial charge >= 0.3 is 6.09 Å². The standard InChI is InChI=1S/C28H29N3O4/c32-26-13-7-12-25-23-14-22(17-31(25)26)16-30(18-23)27(33)24(15-20-8-3-1-4-9-20)29-28(34)35-19-21-10-5-2-6-11-21/h1-13,22-24H,14-19H2,(H,29,34)/t22-,23+,24+/m0/s1. The van der Waals surface area contributed by atoms with Crippen LogP contribution in [0.1, 0.15) is 29.2 Å². The van der Waals surface area contributed by atoms with Crippen LogP contribution < -0.4 is 10.9 Å². The summed E-state index contributed by atoms with van der Waals surface area (Å²) in [7, 11) is 0. The molecular formula is C28H29N3O4. The van der Waals surface area contributed by atoms with E-state index < -0.39 is 12.1 Å². The van der Waals surface area contributed by atoms with Crippen LogP contribution in [-0.4, -0.2) is 40.6 Å². The molecule has 1 saturated heterocycles. The summed E-state index contributed by atoms with van der Waals surface area (Å²) >= 11 is 0. The van der Waals surface area contributed by atoms with Crippen LogP contribution in [0.4, 0.5) is 4.79 Å². The number of carbonyl (C=O) groups excluding carboxylic acids is 2. The van der Waals surface area contributed by atoms with Crippen molar-refractivity contribution < 1.29 is 14.3 Å². The molecule has 3 aromatic rings. The fourth-order valence-corrected chi connectivity index (χ4v) is 5.25. The smallest absolute Gasteiger partial charge is 0.408 e. The van der Waals surface area contributed by atoms with Gasteiger partial charge in [-0.3, -0.25) is 9.59 Å². The Bertz CT molecular complexity index is 1240. The van der Waals surface area contributed by atoms with Crippen LogP contribution in [0, 0.1) is 5.92 Å². The molecule has 3 heterocycles. The first-order valence-corrected chi connectivity index (χ1v) is 12.1. The second-order valence-corrected chi connectivity index (χ2v) is 9.39. The number of fused-ring (bicyclic) bond motifs is 4. The van der Waals surface area contributed by atoms with E-state index in [4.69, 9.17) is 4.74 Å². The van der Waals surface area contributed by atoms with Crippen molar-refractivity contribution in [2.24, 2.45) is 5.92 Å². The zero-order chi connectivity index (χ0) is 24.2. The summed E-state index contributed by atoms with van der Waals surface area (Å²) in [6.45, 7) is 1.86. The van der Waals surface area contributed by atoms with Gasteiger partial charge in [0, 0.05) is 43.7 Å². The maximum atomic E-state index is 13.7. The van der Waals surface area contributed by atoms with E-state index in [1.54, 1.807) is 12.1 Å². The number of rotatable bonds is 6. The molecule has 1 fully saturated rings. The molecule has 35 heavy (non-hydrogen) atoms. The number of piperidine rings is 1. The Morgan fingerprint density at radius 1 is 0.886 bits per heavy atom. The van der Waals surface area contributed by atoms with Crippen LogP contribution in [0.5, 0.6) is 0 Å². The zero-order valence-corrected chi connectivity index (χ0v) is 19.5. The van der Waals surface area contributed by atoms with Crippen LogP contribution in [0.25, 0.3) is 0 Å². The molecule has 7 heteroatoms. The molecule has 2 aliphatic heterocycles. The van der Waals surface area contributed by atoms with Crippen molar-refractivity contribution in [2.45, 2.75) is 38.0 Å². The third-order valence-electron chi connectivity index (χ3n) is 6.88. The number of carbonyl (C=O) groups is 2. The van der Waals surface area contributed by atoms with Gasteiger partial charge in [-0.15, -0.1) is 0 Å². The van der Waals surface area contributed by atoms with E-state index >= 15 is 0 Å². The van der Waals surface area contributed by atoms with Crippen molar-refractivity contribution in [3.05, 3.63) is 106 Å². The summed E-state index contributed by atoms with van der Waals surface area (Å²) in [6.07, 6.45) is 0.725. The van der Waals surface area contributed by atoms with Crippen molar-refractivity contribution in [2.75, 3.05) is 13.1 Å². The second kappa shape index (κ2) is 10.2. The highest BCUT2D eigenvalue weighted by Gasteiger charge is 2.38. The molecule has 0 radical (unpaired) electrons. The fourth-order valence-electron chi connectivity index (χ4n) is 5.25. The number of likely N-dealkylation sites (tertiary alicyclic amines) is 1. The topological polar surface area (TPSA) is 80.6 Å². The molecule has 1 N–H and O–H groups in total. The molecule has 1 aromatic heterocycles. The number of aromatic nitrogens is 1. The van der Waals surface area contributed by atoms with Gasteiger partial charge in [0.1, 0.15) is 12.6 Å². The van der Waals surface area contributed by atoms with Crippen molar-refractivity contribution in [3.63, 3.8) is 0 Å². The Morgan fingerprint density at radius 2 is 1.60 bits per heavy atom. The summed E-state index contributed by atoms with van der Waals surface area (Å²) in [4.78, 5) is 40.5. The SMILES string of the molecule is O=C(N[C@H](Cc1ccccc1)C(=O)N1C[C@@H]2C[C@H](C1)c1cccc(=O)n1C2)OCc1ccccc1. The second-order valence-electron chi connectivity index (χ2n) is 9.39. The average molecular weight is 472 g/mol. The van der Waals surface area contributed by atoms with Gasteiger partial charge in [-0.25, -0.2) is 4.79 Å². The van der Waals surface area contributed by atoms with Crippen molar-refractivity contribution in [3.8, 4) is 0 Å². The van der Waals surface area contributed by atoms with Crippen molar-refractivity contribution >= 4 is 12.0 Å². The van der Waals surface area contributed by atoms with Gasteiger partial charge in [-0.05, 0) is 29.5 Å². The number of alkyl carbamates (subject to hydrolysis) is 1. The number of benzene rings is 2. The highest BCUT2D eigenvalue weighted by molar-refractivity contribution is 5.86. The van der Waals surface area contributed by atoms with E-state index in [9.17, 15) is 14.4 Å². The molecule has 2 aromatic carbocycles. The predicted molar refractivity (Wildman–Crippen MR) is 132 cm³/mol. The molecule has 0 saturated carbocycles. The van der Waals surface area contributed by atoms with Gasteiger partial charge in [0.15, 0.2) is 0 Å². The van der Waals surface area contributed by atoms with E-state index in [-0.39, 0.29) is 29.9 Å². The van der Waals surface area contributed by atoms with Crippen molar-refractivity contribution in [1.29, 1.82) is 0 Å². The van der Waals surface area contributed by atoms with E-state index in [0.29, 0.717) is 26.1 Å². The van der Waals surface area contributed by atoms with Gasteiger partial charge < -0.3 is 19.5 Å². The first kappa shape index (κ1) is 22.9. The van der Waals surface area contributed by atoms with Gasteiger partial charge in [-0.2, -0.15) is 0 Å². The molecule has 7 nitrogen and oxygen atoms in total. The van der Waals surface area contributed by atoms with Crippen LogP contribution in [0.2, 0.25) is 0 Å². The predicted octanol–water partition coefficient (Wildman–Crippen LogP) is 3.33. The van der Waals surface area contributed by atoms with Gasteiger partial charge in [0.2, 0.25) is 5.91 Å². The minimum atomic E-state index is -0.738. The van der Waals surface area contributed by atoms with Gasteiger partial charge in [0.05, 0.1) is 0 Å². The Morgan fingerprint density at radius 3 is 2.34 bits per heavy atom. The number of nitrogens with zero attached hydrogens (tertiary/aromatic N) is 2. The number of nitrogens with one attached hydrogen (secondary N) is 1. The van der Waals surface area contributed by atoms with E-state index in [2.05, 4.69) is 5.32 Å². The lowest BCUT2D eigenvalue weighted by Crippen LogP contribution is -2.55. The fraction of sp³-hybridized carbons (Fsp3) is 0.321. The number of pyridine rings is 1. The zero-order valence-electron chi connectivity index (χ0n) is 19.5. The lowest BCUT2D eigenvalue weighted by atomic mass is 9.83. The lowest BCUT2D eigenvalue weighted by Gasteiger charge is -2.43. The Labute approximate surface area is 204 Å². The Kier molecular flexibility index (Phi) is 6.66. The highest BCUT2D eigenvalue weighted by Crippen LogP contribution is 2.35. The number of ether oxygens (including phenoxy) is 1. The van der Waals surface area contributed by atoms with E-state index in [1.807, 2.05) is 76.2 Å². The quantitative estimate of drug-likeness (QED) is 0.598. The molecule has 180 valence electrons. The van der Waals surface area contributed by atoms with Crippen LogP contribution in [0.15, 0.2) is 83.7 Å². The summed E-state index contributed by atoms with van der Waals surface area (Å²) in [5.41, 5.74) is 2.84. The van der Waals surface area contributed by atoms with Gasteiger partial charge in [-0.1, -0.05) is 66.7 Å². The third-order valence-corrected chi connectivity index (χ3v) is 6.88. The minimum absolute atomic E-state index is 0.0155. The first-order chi connectivity index (χ1) is 17.1. The van der Waals surface area contributed by atoms with E-state index in [1.165, 1.54) is 0 Å². The Hall–Kier alpha value is -3.87. The molecule has 0 spiro atoms. The van der Waals surface area contributed by atoms with Crippen LogP contribution in [-0.2, 0) is 29.1 Å². The van der Waals surface area contributed by atoms with Crippen LogP contribution in [0.3, 0.4) is 0 Å². The number of hydrogen-bond acceptors (Lipinski definition) is 4. The van der Waals surface area contributed by atoms with E-state index in [0.717, 1.165) is 23.2 Å². The lowest BCUT2D eigenvalue weighted by molar-refractivity contribution is -0.136. The van der Waals surface area contributed by atoms with Gasteiger partial charge in [0.25, 0.3) is 5.56 Å². The molecule has 2 aliphatic rings. The summed E-state index contributed by atoms with van der Waals surface area (Å²) in [5.74, 6) is 0.211. The molecule has 0 unspecified atom stereocenters. The first-order valence-electron chi connectivity index (χ1n) is 12.1. The normalized spacial score (nSPS) is 19.4. The summed E-state index contributed by atoms with van der Waals surface area (Å²) in [6, 6.07) is 23.7.